The van der Waals surface area contributed by atoms with Gasteiger partial charge in [0.25, 0.3) is 0 Å². The Hall–Kier alpha value is -0.660. The first-order valence-corrected chi connectivity index (χ1v) is 8.34. The van der Waals surface area contributed by atoms with E-state index in [2.05, 4.69) is 0 Å². The standard InChI is InChI=1S/C12H24N2O4S/c1-3-18-12(15)9-19(16,17)14(2)11-7-5-4-6-10(11)8-13/h10-11H,3-9,13H2,1-2H3. The summed E-state index contributed by atoms with van der Waals surface area (Å²) in [5.41, 5.74) is 5.71. The van der Waals surface area contributed by atoms with Crippen LogP contribution in [0.5, 0.6) is 0 Å². The van der Waals surface area contributed by atoms with Crippen LogP contribution in [0.15, 0.2) is 0 Å². The Balaban J connectivity index is 2.73. The Morgan fingerprint density at radius 2 is 2.00 bits per heavy atom. The van der Waals surface area contributed by atoms with Gasteiger partial charge in [0.05, 0.1) is 6.61 Å². The maximum atomic E-state index is 12.2. The number of esters is 1. The maximum Gasteiger partial charge on any atom is 0.322 e. The van der Waals surface area contributed by atoms with Crippen LogP contribution in [0.4, 0.5) is 0 Å². The minimum absolute atomic E-state index is 0.0989. The lowest BCUT2D eigenvalue weighted by Gasteiger charge is -2.36. The monoisotopic (exact) mass is 292 g/mol. The van der Waals surface area contributed by atoms with Gasteiger partial charge in [-0.3, -0.25) is 4.79 Å². The zero-order valence-corrected chi connectivity index (χ0v) is 12.5. The van der Waals surface area contributed by atoms with E-state index in [0.717, 1.165) is 25.7 Å². The fraction of sp³-hybridized carbons (Fsp3) is 0.917. The predicted octanol–water partition coefficient (Wildman–Crippen LogP) is 0.329. The molecule has 6 nitrogen and oxygen atoms in total. The highest BCUT2D eigenvalue weighted by atomic mass is 32.2. The lowest BCUT2D eigenvalue weighted by molar-refractivity contribution is -0.140. The van der Waals surface area contributed by atoms with E-state index in [0.29, 0.717) is 6.54 Å². The normalized spacial score (nSPS) is 24.4. The molecule has 0 aromatic rings. The second kappa shape index (κ2) is 7.21. The van der Waals surface area contributed by atoms with Crippen LogP contribution < -0.4 is 5.73 Å². The molecule has 0 aromatic carbocycles. The first-order chi connectivity index (χ1) is 8.92. The number of rotatable bonds is 6. The van der Waals surface area contributed by atoms with E-state index in [1.165, 1.54) is 11.4 Å². The number of nitrogens with zero attached hydrogens (tertiary/aromatic N) is 1. The number of carbonyl (C=O) groups is 1. The van der Waals surface area contributed by atoms with Crippen molar-refractivity contribution in [3.63, 3.8) is 0 Å². The summed E-state index contributed by atoms with van der Waals surface area (Å²) in [6.45, 7) is 2.32. The van der Waals surface area contributed by atoms with Crippen molar-refractivity contribution in [1.82, 2.24) is 4.31 Å². The molecule has 0 saturated heterocycles. The van der Waals surface area contributed by atoms with Crippen LogP contribution >= 0.6 is 0 Å². The largest absolute Gasteiger partial charge is 0.465 e. The fourth-order valence-electron chi connectivity index (χ4n) is 2.60. The summed E-state index contributed by atoms with van der Waals surface area (Å²) in [5, 5.41) is 0. The number of hydrogen-bond acceptors (Lipinski definition) is 5. The van der Waals surface area contributed by atoms with Gasteiger partial charge in [0, 0.05) is 13.1 Å². The fourth-order valence-corrected chi connectivity index (χ4v) is 3.88. The van der Waals surface area contributed by atoms with Crippen LogP contribution in [0.2, 0.25) is 0 Å². The van der Waals surface area contributed by atoms with Gasteiger partial charge in [0.1, 0.15) is 0 Å². The predicted molar refractivity (Wildman–Crippen MR) is 73.0 cm³/mol. The van der Waals surface area contributed by atoms with Crippen molar-refractivity contribution in [2.45, 2.75) is 38.6 Å². The van der Waals surface area contributed by atoms with Crippen molar-refractivity contribution in [2.75, 3.05) is 26.0 Å². The summed E-state index contributed by atoms with van der Waals surface area (Å²) in [6, 6.07) is -0.0989. The maximum absolute atomic E-state index is 12.2. The lowest BCUT2D eigenvalue weighted by Crippen LogP contribution is -2.47. The topological polar surface area (TPSA) is 89.7 Å². The van der Waals surface area contributed by atoms with E-state index in [1.54, 1.807) is 6.92 Å². The molecule has 112 valence electrons. The first-order valence-electron chi connectivity index (χ1n) is 6.73. The molecule has 0 aromatic heterocycles. The molecular weight excluding hydrogens is 268 g/mol. The molecular formula is C12H24N2O4S. The molecule has 1 fully saturated rings. The number of nitrogens with two attached hydrogens (primary N) is 1. The summed E-state index contributed by atoms with van der Waals surface area (Å²) in [5.74, 6) is -1.12. The Morgan fingerprint density at radius 1 is 1.37 bits per heavy atom. The summed E-state index contributed by atoms with van der Waals surface area (Å²) >= 11 is 0. The Kier molecular flexibility index (Phi) is 6.22. The van der Waals surface area contributed by atoms with Crippen molar-refractivity contribution in [3.05, 3.63) is 0 Å². The van der Waals surface area contributed by atoms with Gasteiger partial charge in [0.2, 0.25) is 10.0 Å². The Labute approximate surface area is 115 Å². The van der Waals surface area contributed by atoms with Crippen molar-refractivity contribution >= 4 is 16.0 Å². The van der Waals surface area contributed by atoms with Crippen molar-refractivity contribution < 1.29 is 17.9 Å². The molecule has 0 radical (unpaired) electrons. The third-order valence-corrected chi connectivity index (χ3v) is 5.43. The zero-order chi connectivity index (χ0) is 14.5. The minimum atomic E-state index is -3.62. The van der Waals surface area contributed by atoms with Gasteiger partial charge in [-0.2, -0.15) is 0 Å². The summed E-state index contributed by atoms with van der Waals surface area (Å²) in [4.78, 5) is 11.3. The minimum Gasteiger partial charge on any atom is -0.465 e. The second-order valence-electron chi connectivity index (χ2n) is 4.93. The lowest BCUT2D eigenvalue weighted by atomic mass is 9.85. The molecule has 0 heterocycles. The Morgan fingerprint density at radius 3 is 2.58 bits per heavy atom. The summed E-state index contributed by atoms with van der Waals surface area (Å²) in [6.07, 6.45) is 3.84. The molecule has 7 heteroatoms. The van der Waals surface area contributed by atoms with Crippen LogP contribution in [-0.4, -0.2) is 50.7 Å². The van der Waals surface area contributed by atoms with Gasteiger partial charge in [-0.1, -0.05) is 12.8 Å². The van der Waals surface area contributed by atoms with E-state index in [4.69, 9.17) is 10.5 Å². The molecule has 1 aliphatic carbocycles. The number of ether oxygens (including phenoxy) is 1. The average Bonchev–Trinajstić information content (AvgIpc) is 2.37. The highest BCUT2D eigenvalue weighted by Crippen LogP contribution is 2.28. The van der Waals surface area contributed by atoms with E-state index in [9.17, 15) is 13.2 Å². The zero-order valence-electron chi connectivity index (χ0n) is 11.7. The molecule has 1 rings (SSSR count). The van der Waals surface area contributed by atoms with Crippen molar-refractivity contribution in [2.24, 2.45) is 11.7 Å². The van der Waals surface area contributed by atoms with Gasteiger partial charge < -0.3 is 10.5 Å². The van der Waals surface area contributed by atoms with E-state index in [1.807, 2.05) is 0 Å². The van der Waals surface area contributed by atoms with E-state index < -0.39 is 21.7 Å². The molecule has 1 saturated carbocycles. The third-order valence-electron chi connectivity index (χ3n) is 3.68. The third kappa shape index (κ3) is 4.43. The highest BCUT2D eigenvalue weighted by Gasteiger charge is 2.34. The van der Waals surface area contributed by atoms with Crippen molar-refractivity contribution in [1.29, 1.82) is 0 Å². The van der Waals surface area contributed by atoms with Gasteiger partial charge in [-0.05, 0) is 32.2 Å². The smallest absolute Gasteiger partial charge is 0.322 e. The van der Waals surface area contributed by atoms with Gasteiger partial charge in [-0.25, -0.2) is 12.7 Å². The van der Waals surface area contributed by atoms with E-state index in [-0.39, 0.29) is 18.6 Å². The van der Waals surface area contributed by atoms with E-state index >= 15 is 0 Å². The van der Waals surface area contributed by atoms with Gasteiger partial charge in [-0.15, -0.1) is 0 Å². The molecule has 2 unspecified atom stereocenters. The molecule has 2 N–H and O–H groups in total. The molecule has 2 atom stereocenters. The van der Waals surface area contributed by atoms with Crippen LogP contribution in [0, 0.1) is 5.92 Å². The molecule has 1 aliphatic rings. The van der Waals surface area contributed by atoms with Crippen LogP contribution in [-0.2, 0) is 19.6 Å². The number of carbonyl (C=O) groups excluding carboxylic acids is 1. The first kappa shape index (κ1) is 16.4. The van der Waals surface area contributed by atoms with Gasteiger partial charge in [0.15, 0.2) is 5.75 Å². The van der Waals surface area contributed by atoms with Crippen molar-refractivity contribution in [3.8, 4) is 0 Å². The highest BCUT2D eigenvalue weighted by molar-refractivity contribution is 7.89. The average molecular weight is 292 g/mol. The molecule has 0 spiro atoms. The molecule has 0 aliphatic heterocycles. The number of hydrogen-bond donors (Lipinski definition) is 1. The molecule has 0 bridgehead atoms. The SMILES string of the molecule is CCOC(=O)CS(=O)(=O)N(C)C1CCCCC1CN. The molecule has 19 heavy (non-hydrogen) atoms. The number of sulfonamides is 1. The summed E-state index contributed by atoms with van der Waals surface area (Å²) in [7, 11) is -2.09. The molecule has 0 amide bonds. The van der Waals surface area contributed by atoms with Crippen LogP contribution in [0.3, 0.4) is 0 Å². The van der Waals surface area contributed by atoms with Gasteiger partial charge >= 0.3 is 5.97 Å². The second-order valence-corrected chi connectivity index (χ2v) is 6.95. The Bertz CT molecular complexity index is 397. The van der Waals surface area contributed by atoms with Crippen LogP contribution in [0.1, 0.15) is 32.6 Å². The quantitative estimate of drug-likeness (QED) is 0.712. The summed E-state index contributed by atoms with van der Waals surface area (Å²) < 4.78 is 30.3. The van der Waals surface area contributed by atoms with Crippen LogP contribution in [0.25, 0.3) is 0 Å².